The van der Waals surface area contributed by atoms with Crippen molar-refractivity contribution < 1.29 is 14.3 Å². The van der Waals surface area contributed by atoms with E-state index in [1.54, 1.807) is 16.6 Å². The summed E-state index contributed by atoms with van der Waals surface area (Å²) in [6, 6.07) is 9.98. The van der Waals surface area contributed by atoms with Crippen molar-refractivity contribution in [3.8, 4) is 0 Å². The van der Waals surface area contributed by atoms with Crippen molar-refractivity contribution in [2.45, 2.75) is 65.8 Å². The zero-order valence-corrected chi connectivity index (χ0v) is 18.8. The van der Waals surface area contributed by atoms with Gasteiger partial charge in [-0.25, -0.2) is 4.79 Å². The molecule has 0 saturated heterocycles. The summed E-state index contributed by atoms with van der Waals surface area (Å²) in [7, 11) is 1.80. The number of nitrogens with zero attached hydrogens (tertiary/aromatic N) is 4. The molecule has 0 radical (unpaired) electrons. The highest BCUT2D eigenvalue weighted by molar-refractivity contribution is 5.94. The summed E-state index contributed by atoms with van der Waals surface area (Å²) < 4.78 is 7.19. The molecular formula is C23H32N4O3. The summed E-state index contributed by atoms with van der Waals surface area (Å²) in [5, 5.41) is 4.58. The average Bonchev–Trinajstić information content (AvgIpc) is 2.99. The molecule has 0 saturated carbocycles. The minimum atomic E-state index is -0.560. The number of hydrogen-bond acceptors (Lipinski definition) is 4. The highest BCUT2D eigenvalue weighted by atomic mass is 16.6. The fourth-order valence-electron chi connectivity index (χ4n) is 3.66. The predicted octanol–water partition coefficient (Wildman–Crippen LogP) is 3.76. The number of aryl methyl sites for hydroxylation is 1. The maximum Gasteiger partial charge on any atom is 0.410 e. The molecule has 0 unspecified atom stereocenters. The number of rotatable bonds is 4. The van der Waals surface area contributed by atoms with Crippen LogP contribution in [0, 0.1) is 0 Å². The lowest BCUT2D eigenvalue weighted by Crippen LogP contribution is -2.41. The van der Waals surface area contributed by atoms with Crippen LogP contribution >= 0.6 is 0 Å². The lowest BCUT2D eigenvalue weighted by atomic mass is 10.0. The zero-order valence-electron chi connectivity index (χ0n) is 18.8. The van der Waals surface area contributed by atoms with Gasteiger partial charge in [0.05, 0.1) is 12.2 Å². The van der Waals surface area contributed by atoms with Gasteiger partial charge in [0.25, 0.3) is 5.91 Å². The quantitative estimate of drug-likeness (QED) is 0.767. The molecule has 0 N–H and O–H groups in total. The van der Waals surface area contributed by atoms with Crippen LogP contribution in [-0.2, 0) is 31.3 Å². The summed E-state index contributed by atoms with van der Waals surface area (Å²) in [5.74, 6) is -0.0730. The molecule has 7 heteroatoms. The molecule has 1 aromatic heterocycles. The second-order valence-electron chi connectivity index (χ2n) is 9.06. The molecule has 0 aliphatic carbocycles. The van der Waals surface area contributed by atoms with Gasteiger partial charge in [0.2, 0.25) is 0 Å². The number of hydrogen-bond donors (Lipinski definition) is 0. The number of amides is 2. The molecule has 162 valence electrons. The predicted molar refractivity (Wildman–Crippen MR) is 115 cm³/mol. The van der Waals surface area contributed by atoms with Gasteiger partial charge in [-0.2, -0.15) is 5.10 Å². The summed E-state index contributed by atoms with van der Waals surface area (Å²) in [4.78, 5) is 29.7. The van der Waals surface area contributed by atoms with E-state index < -0.39 is 5.60 Å². The second kappa shape index (κ2) is 8.50. The van der Waals surface area contributed by atoms with Gasteiger partial charge < -0.3 is 14.5 Å². The Balaban J connectivity index is 1.87. The van der Waals surface area contributed by atoms with Crippen LogP contribution in [0.1, 0.15) is 61.9 Å². The maximum atomic E-state index is 13.6. The Morgan fingerprint density at radius 3 is 2.47 bits per heavy atom. The number of fused-ring (bicyclic) bond motifs is 1. The van der Waals surface area contributed by atoms with Crippen molar-refractivity contribution in [1.82, 2.24) is 19.6 Å². The van der Waals surface area contributed by atoms with Crippen LogP contribution < -0.4 is 0 Å². The molecule has 1 aromatic carbocycles. The third-order valence-corrected chi connectivity index (χ3v) is 5.13. The fourth-order valence-corrected chi connectivity index (χ4v) is 3.66. The van der Waals surface area contributed by atoms with Gasteiger partial charge in [-0.05, 0) is 40.2 Å². The Morgan fingerprint density at radius 2 is 1.87 bits per heavy atom. The smallest absolute Gasteiger partial charge is 0.410 e. The average molecular weight is 413 g/mol. The van der Waals surface area contributed by atoms with E-state index >= 15 is 0 Å². The van der Waals surface area contributed by atoms with Crippen LogP contribution in [-0.4, -0.2) is 49.8 Å². The first-order valence-electron chi connectivity index (χ1n) is 10.4. The molecule has 0 fully saturated rings. The van der Waals surface area contributed by atoms with Gasteiger partial charge in [-0.3, -0.25) is 9.48 Å². The molecule has 2 aromatic rings. The largest absolute Gasteiger partial charge is 0.444 e. The van der Waals surface area contributed by atoms with Gasteiger partial charge in [0.1, 0.15) is 11.3 Å². The van der Waals surface area contributed by atoms with Gasteiger partial charge in [0, 0.05) is 38.2 Å². The summed E-state index contributed by atoms with van der Waals surface area (Å²) in [5.41, 5.74) is 2.76. The van der Waals surface area contributed by atoms with Crippen molar-refractivity contribution in [2.75, 3.05) is 6.54 Å². The molecule has 30 heavy (non-hydrogen) atoms. The first kappa shape index (κ1) is 21.9. The number of carbonyl (C=O) groups is 2. The van der Waals surface area contributed by atoms with Gasteiger partial charge >= 0.3 is 6.09 Å². The van der Waals surface area contributed by atoms with Crippen LogP contribution in [0.2, 0.25) is 0 Å². The second-order valence-corrected chi connectivity index (χ2v) is 9.06. The molecule has 0 bridgehead atoms. The Kier molecular flexibility index (Phi) is 6.19. The summed E-state index contributed by atoms with van der Waals surface area (Å²) in [6.07, 6.45) is 0.246. The normalized spacial score (nSPS) is 13.9. The van der Waals surface area contributed by atoms with E-state index in [0.29, 0.717) is 31.7 Å². The van der Waals surface area contributed by atoms with Gasteiger partial charge in [-0.15, -0.1) is 0 Å². The number of carbonyl (C=O) groups excluding carboxylic acids is 2. The summed E-state index contributed by atoms with van der Waals surface area (Å²) >= 11 is 0. The monoisotopic (exact) mass is 412 g/mol. The molecule has 7 nitrogen and oxygen atoms in total. The highest BCUT2D eigenvalue weighted by Crippen LogP contribution is 2.25. The number of ether oxygens (including phenoxy) is 1. The molecule has 0 spiro atoms. The van der Waals surface area contributed by atoms with E-state index in [1.807, 2.05) is 69.9 Å². The van der Waals surface area contributed by atoms with E-state index in [2.05, 4.69) is 5.10 Å². The maximum absolute atomic E-state index is 13.6. The standard InChI is InChI=1S/C23H32N4O3/c1-16(2)27(14-17-10-8-7-9-11-17)21(28)20-18-15-26(22(29)30-23(3,4)5)13-12-19(18)24-25(20)6/h7-11,16H,12-15H2,1-6H3. The van der Waals surface area contributed by atoms with E-state index in [1.165, 1.54) is 0 Å². The molecule has 2 amide bonds. The third-order valence-electron chi connectivity index (χ3n) is 5.13. The molecule has 2 heterocycles. The van der Waals surface area contributed by atoms with E-state index in [4.69, 9.17) is 4.74 Å². The van der Waals surface area contributed by atoms with Crippen molar-refractivity contribution in [3.05, 3.63) is 52.8 Å². The van der Waals surface area contributed by atoms with E-state index in [-0.39, 0.29) is 18.0 Å². The van der Waals surface area contributed by atoms with Crippen molar-refractivity contribution >= 4 is 12.0 Å². The molecule has 3 rings (SSSR count). The van der Waals surface area contributed by atoms with Crippen molar-refractivity contribution in [2.24, 2.45) is 7.05 Å². The number of aromatic nitrogens is 2. The fraction of sp³-hybridized carbons (Fsp3) is 0.522. The van der Waals surface area contributed by atoms with E-state index in [9.17, 15) is 9.59 Å². The van der Waals surface area contributed by atoms with Crippen LogP contribution in [0.3, 0.4) is 0 Å². The van der Waals surface area contributed by atoms with Crippen LogP contribution in [0.15, 0.2) is 30.3 Å². The Morgan fingerprint density at radius 1 is 1.20 bits per heavy atom. The first-order valence-corrected chi connectivity index (χ1v) is 10.4. The topological polar surface area (TPSA) is 67.7 Å². The molecule has 1 aliphatic heterocycles. The first-order chi connectivity index (χ1) is 14.1. The SMILES string of the molecule is CC(C)N(Cc1ccccc1)C(=O)c1c2c(nn1C)CCN(C(=O)OC(C)(C)C)C2. The highest BCUT2D eigenvalue weighted by Gasteiger charge is 2.33. The van der Waals surface area contributed by atoms with E-state index in [0.717, 1.165) is 16.8 Å². The number of benzene rings is 1. The summed E-state index contributed by atoms with van der Waals surface area (Å²) in [6.45, 7) is 11.0. The van der Waals surface area contributed by atoms with Crippen LogP contribution in [0.25, 0.3) is 0 Å². The molecular weight excluding hydrogens is 380 g/mol. The van der Waals surface area contributed by atoms with Crippen LogP contribution in [0.4, 0.5) is 4.79 Å². The van der Waals surface area contributed by atoms with Gasteiger partial charge in [0.15, 0.2) is 0 Å². The minimum Gasteiger partial charge on any atom is -0.444 e. The third kappa shape index (κ3) is 4.83. The molecule has 1 aliphatic rings. The lowest BCUT2D eigenvalue weighted by Gasteiger charge is -2.31. The molecule has 0 atom stereocenters. The van der Waals surface area contributed by atoms with Crippen LogP contribution in [0.5, 0.6) is 0 Å². The van der Waals surface area contributed by atoms with Crippen molar-refractivity contribution in [3.63, 3.8) is 0 Å². The zero-order chi connectivity index (χ0) is 22.1. The Hall–Kier alpha value is -2.83. The lowest BCUT2D eigenvalue weighted by molar-refractivity contribution is 0.0221. The van der Waals surface area contributed by atoms with Gasteiger partial charge in [-0.1, -0.05) is 30.3 Å². The Labute approximate surface area is 178 Å². The minimum absolute atomic E-state index is 0.0220. The Bertz CT molecular complexity index is 913. The van der Waals surface area contributed by atoms with Crippen molar-refractivity contribution in [1.29, 1.82) is 0 Å².